The lowest BCUT2D eigenvalue weighted by molar-refractivity contribution is -0.671. The highest BCUT2D eigenvalue weighted by molar-refractivity contribution is 5.98. The summed E-state index contributed by atoms with van der Waals surface area (Å²) in [6.07, 6.45) is 6.49. The van der Waals surface area contributed by atoms with Crippen molar-refractivity contribution >= 4 is 11.8 Å². The second-order valence-corrected chi connectivity index (χ2v) is 3.90. The molecule has 0 unspecified atom stereocenters. The fourth-order valence-corrected chi connectivity index (χ4v) is 1.41. The largest absolute Gasteiger partial charge is 0.271 e. The molecular formula is C13H13N4O2+. The molecule has 0 aliphatic rings. The van der Waals surface area contributed by atoms with Gasteiger partial charge < -0.3 is 0 Å². The number of hydrogen-bond donors (Lipinski definition) is 2. The van der Waals surface area contributed by atoms with Gasteiger partial charge in [0.25, 0.3) is 11.8 Å². The fourth-order valence-electron chi connectivity index (χ4n) is 1.41. The van der Waals surface area contributed by atoms with Crippen LogP contribution in [0.1, 0.15) is 20.7 Å². The lowest BCUT2D eigenvalue weighted by Gasteiger charge is -2.06. The van der Waals surface area contributed by atoms with E-state index in [2.05, 4.69) is 15.8 Å². The molecule has 0 atom stereocenters. The number of nitrogens with zero attached hydrogens (tertiary/aromatic N) is 2. The van der Waals surface area contributed by atoms with Crippen LogP contribution in [0.2, 0.25) is 0 Å². The summed E-state index contributed by atoms with van der Waals surface area (Å²) in [5.41, 5.74) is 5.51. The quantitative estimate of drug-likeness (QED) is 0.586. The predicted octanol–water partition coefficient (Wildman–Crippen LogP) is -0.0191. The Morgan fingerprint density at radius 1 is 1.05 bits per heavy atom. The lowest BCUT2D eigenvalue weighted by atomic mass is 10.2. The van der Waals surface area contributed by atoms with Gasteiger partial charge in [0, 0.05) is 24.5 Å². The van der Waals surface area contributed by atoms with E-state index in [-0.39, 0.29) is 5.91 Å². The zero-order chi connectivity index (χ0) is 13.7. The van der Waals surface area contributed by atoms with Gasteiger partial charge in [0.15, 0.2) is 12.4 Å². The van der Waals surface area contributed by atoms with Crippen LogP contribution in [0.4, 0.5) is 0 Å². The highest BCUT2D eigenvalue weighted by Gasteiger charge is 2.09. The molecule has 0 saturated carbocycles. The summed E-state index contributed by atoms with van der Waals surface area (Å²) < 4.78 is 1.81. The number of aryl methyl sites for hydroxylation is 1. The molecule has 0 aliphatic carbocycles. The van der Waals surface area contributed by atoms with Crippen LogP contribution in [-0.2, 0) is 7.05 Å². The van der Waals surface area contributed by atoms with Gasteiger partial charge in [-0.3, -0.25) is 25.4 Å². The number of nitrogens with one attached hydrogen (secondary N) is 2. The molecule has 0 saturated heterocycles. The van der Waals surface area contributed by atoms with Crippen molar-refractivity contribution in [1.29, 1.82) is 0 Å². The fraction of sp³-hybridized carbons (Fsp3) is 0.0769. The third kappa shape index (κ3) is 3.35. The van der Waals surface area contributed by atoms with Gasteiger partial charge in [-0.05, 0) is 12.1 Å². The number of rotatable bonds is 2. The van der Waals surface area contributed by atoms with E-state index in [0.717, 1.165) is 0 Å². The number of carbonyl (C=O) groups is 2. The van der Waals surface area contributed by atoms with Crippen molar-refractivity contribution in [2.45, 2.75) is 0 Å². The van der Waals surface area contributed by atoms with Crippen molar-refractivity contribution in [1.82, 2.24) is 15.8 Å². The van der Waals surface area contributed by atoms with Gasteiger partial charge in [0.05, 0.1) is 11.1 Å². The summed E-state index contributed by atoms with van der Waals surface area (Å²) in [5, 5.41) is 0. The van der Waals surface area contributed by atoms with Crippen LogP contribution < -0.4 is 15.4 Å². The number of hydrazine groups is 1. The molecule has 96 valence electrons. The molecule has 2 N–H and O–H groups in total. The van der Waals surface area contributed by atoms with E-state index < -0.39 is 5.91 Å². The Kier molecular flexibility index (Phi) is 3.82. The minimum atomic E-state index is -0.414. The van der Waals surface area contributed by atoms with Gasteiger partial charge >= 0.3 is 0 Å². The van der Waals surface area contributed by atoms with E-state index in [1.807, 2.05) is 11.6 Å². The van der Waals surface area contributed by atoms with E-state index in [1.165, 1.54) is 6.20 Å². The summed E-state index contributed by atoms with van der Waals surface area (Å²) in [6.45, 7) is 0. The van der Waals surface area contributed by atoms with Gasteiger partial charge in [-0.2, -0.15) is 0 Å². The Balaban J connectivity index is 1.94. The van der Waals surface area contributed by atoms with E-state index in [9.17, 15) is 9.59 Å². The van der Waals surface area contributed by atoms with Crippen LogP contribution >= 0.6 is 0 Å². The predicted molar refractivity (Wildman–Crippen MR) is 66.8 cm³/mol. The third-order valence-electron chi connectivity index (χ3n) is 2.45. The number of carbonyl (C=O) groups excluding carboxylic acids is 2. The molecule has 19 heavy (non-hydrogen) atoms. The SMILES string of the molecule is C[n+]1ccc(C(=O)NNC(=O)c2cccnc2)cc1. The number of aromatic nitrogens is 2. The second kappa shape index (κ2) is 5.72. The van der Waals surface area contributed by atoms with Crippen LogP contribution in [0.3, 0.4) is 0 Å². The molecule has 2 amide bonds. The highest BCUT2D eigenvalue weighted by atomic mass is 16.2. The van der Waals surface area contributed by atoms with Gasteiger partial charge in [-0.1, -0.05) is 0 Å². The molecule has 6 nitrogen and oxygen atoms in total. The van der Waals surface area contributed by atoms with Crippen molar-refractivity contribution in [2.24, 2.45) is 7.05 Å². The molecule has 6 heteroatoms. The second-order valence-electron chi connectivity index (χ2n) is 3.90. The maximum Gasteiger partial charge on any atom is 0.271 e. The van der Waals surface area contributed by atoms with E-state index in [0.29, 0.717) is 11.1 Å². The number of pyridine rings is 2. The van der Waals surface area contributed by atoms with Crippen LogP contribution in [0.5, 0.6) is 0 Å². The van der Waals surface area contributed by atoms with E-state index in [4.69, 9.17) is 0 Å². The molecule has 2 aromatic rings. The molecule has 0 aliphatic heterocycles. The maximum atomic E-state index is 11.7. The molecule has 0 aromatic carbocycles. The summed E-state index contributed by atoms with van der Waals surface area (Å²) in [7, 11) is 1.85. The number of hydrogen-bond acceptors (Lipinski definition) is 3. The molecule has 0 spiro atoms. The standard InChI is InChI=1S/C13H12N4O2/c1-17-7-4-10(5-8-17)12(18)15-16-13(19)11-3-2-6-14-9-11/h2-9,18H,1H3/p+1. The molecule has 2 aromatic heterocycles. The van der Waals surface area contributed by atoms with E-state index >= 15 is 0 Å². The van der Waals surface area contributed by atoms with Crippen LogP contribution in [0.25, 0.3) is 0 Å². The molecule has 0 fully saturated rings. The Morgan fingerprint density at radius 3 is 2.26 bits per heavy atom. The van der Waals surface area contributed by atoms with Crippen molar-refractivity contribution in [3.05, 3.63) is 60.2 Å². The first-order chi connectivity index (χ1) is 9.16. The van der Waals surface area contributed by atoms with Crippen LogP contribution in [0.15, 0.2) is 49.1 Å². The number of amides is 2. The van der Waals surface area contributed by atoms with Crippen LogP contribution in [-0.4, -0.2) is 16.8 Å². The first kappa shape index (κ1) is 12.7. The van der Waals surface area contributed by atoms with Crippen molar-refractivity contribution in [3.63, 3.8) is 0 Å². The zero-order valence-electron chi connectivity index (χ0n) is 10.3. The lowest BCUT2D eigenvalue weighted by Crippen LogP contribution is -2.42. The highest BCUT2D eigenvalue weighted by Crippen LogP contribution is 1.96. The van der Waals surface area contributed by atoms with Gasteiger partial charge in [0.1, 0.15) is 7.05 Å². The summed E-state index contributed by atoms with van der Waals surface area (Å²) in [4.78, 5) is 27.2. The zero-order valence-corrected chi connectivity index (χ0v) is 10.3. The average molecular weight is 257 g/mol. The minimum Gasteiger partial charge on any atom is -0.267 e. The molecule has 0 radical (unpaired) electrons. The third-order valence-corrected chi connectivity index (χ3v) is 2.45. The molecule has 2 rings (SSSR count). The van der Waals surface area contributed by atoms with Gasteiger partial charge in [-0.25, -0.2) is 4.57 Å². The van der Waals surface area contributed by atoms with Crippen molar-refractivity contribution in [3.8, 4) is 0 Å². The Bertz CT molecular complexity index is 581. The molecular weight excluding hydrogens is 244 g/mol. The molecule has 2 heterocycles. The van der Waals surface area contributed by atoms with Crippen molar-refractivity contribution in [2.75, 3.05) is 0 Å². The smallest absolute Gasteiger partial charge is 0.267 e. The first-order valence-electron chi connectivity index (χ1n) is 5.63. The average Bonchev–Trinajstić information content (AvgIpc) is 2.46. The normalized spacial score (nSPS) is 9.74. The first-order valence-corrected chi connectivity index (χ1v) is 5.63. The summed E-state index contributed by atoms with van der Waals surface area (Å²) in [5.74, 6) is -0.791. The summed E-state index contributed by atoms with van der Waals surface area (Å²) in [6, 6.07) is 6.57. The van der Waals surface area contributed by atoms with Crippen molar-refractivity contribution < 1.29 is 14.2 Å². The molecule has 0 bridgehead atoms. The topological polar surface area (TPSA) is 75.0 Å². The monoisotopic (exact) mass is 257 g/mol. The Hall–Kier alpha value is -2.76. The van der Waals surface area contributed by atoms with Gasteiger partial charge in [0.2, 0.25) is 0 Å². The maximum absolute atomic E-state index is 11.7. The van der Waals surface area contributed by atoms with Crippen LogP contribution in [0, 0.1) is 0 Å². The minimum absolute atomic E-state index is 0.377. The Labute approximate surface area is 110 Å². The van der Waals surface area contributed by atoms with E-state index in [1.54, 1.807) is 42.9 Å². The van der Waals surface area contributed by atoms with Gasteiger partial charge in [-0.15, -0.1) is 0 Å². The Morgan fingerprint density at radius 2 is 1.68 bits per heavy atom. The summed E-state index contributed by atoms with van der Waals surface area (Å²) >= 11 is 0.